The van der Waals surface area contributed by atoms with Crippen molar-refractivity contribution < 1.29 is 22.7 Å². The van der Waals surface area contributed by atoms with Crippen LogP contribution in [0.25, 0.3) is 0 Å². The van der Waals surface area contributed by atoms with Crippen molar-refractivity contribution >= 4 is 28.1 Å². The third kappa shape index (κ3) is 4.04. The number of hydrogen-bond donors (Lipinski definition) is 2. The number of nitrogens with one attached hydrogen (secondary N) is 1. The minimum Gasteiger partial charge on any atom is -0.462 e. The molecule has 0 bridgehead atoms. The number of benzene rings is 1. The third-order valence-corrected chi connectivity index (χ3v) is 3.12. The van der Waals surface area contributed by atoms with Crippen LogP contribution in [0.2, 0.25) is 0 Å². The zero-order chi connectivity index (χ0) is 14.5. The topological polar surface area (TPSA) is 116 Å². The molecule has 104 valence electrons. The number of nitrogens with two attached hydrogens (primary N) is 1. The maximum Gasteiger partial charge on any atom is 0.339 e. The molecule has 1 aromatic carbocycles. The first-order chi connectivity index (χ1) is 8.90. The van der Waals surface area contributed by atoms with Crippen molar-refractivity contribution in [3.63, 3.8) is 0 Å². The number of sulfonamides is 1. The van der Waals surface area contributed by atoms with E-state index in [1.54, 1.807) is 0 Å². The summed E-state index contributed by atoms with van der Waals surface area (Å²) in [6, 6.07) is 3.72. The fraction of sp³-hybridized carbons (Fsp3) is 0.273. The average molecular weight is 286 g/mol. The monoisotopic (exact) mass is 286 g/mol. The molecule has 0 radical (unpaired) electrons. The summed E-state index contributed by atoms with van der Waals surface area (Å²) in [5.41, 5.74) is 0.0541. The van der Waals surface area contributed by atoms with E-state index in [4.69, 9.17) is 9.88 Å². The summed E-state index contributed by atoms with van der Waals surface area (Å²) >= 11 is 0. The number of ether oxygens (including phenoxy) is 1. The van der Waals surface area contributed by atoms with Gasteiger partial charge in [-0.3, -0.25) is 4.79 Å². The number of esters is 1. The van der Waals surface area contributed by atoms with Gasteiger partial charge in [-0.1, -0.05) is 6.92 Å². The van der Waals surface area contributed by atoms with Crippen molar-refractivity contribution in [1.82, 2.24) is 0 Å². The molecule has 8 heteroatoms. The molecule has 0 aromatic heterocycles. The van der Waals surface area contributed by atoms with E-state index in [0.717, 1.165) is 6.07 Å². The lowest BCUT2D eigenvalue weighted by molar-refractivity contribution is -0.105. The quantitative estimate of drug-likeness (QED) is 0.582. The Labute approximate surface area is 110 Å². The lowest BCUT2D eigenvalue weighted by Crippen LogP contribution is -2.18. The Balaban J connectivity index is 3.24. The summed E-state index contributed by atoms with van der Waals surface area (Å²) in [5.74, 6) is -0.775. The Morgan fingerprint density at radius 3 is 2.68 bits per heavy atom. The van der Waals surface area contributed by atoms with Crippen LogP contribution < -0.4 is 10.5 Å². The minimum atomic E-state index is -4.10. The fourth-order valence-electron chi connectivity index (χ4n) is 1.36. The van der Waals surface area contributed by atoms with E-state index in [1.165, 1.54) is 12.1 Å². The third-order valence-electron chi connectivity index (χ3n) is 2.17. The smallest absolute Gasteiger partial charge is 0.339 e. The second-order valence-electron chi connectivity index (χ2n) is 3.65. The van der Waals surface area contributed by atoms with Crippen LogP contribution in [-0.2, 0) is 19.6 Å². The molecule has 19 heavy (non-hydrogen) atoms. The second-order valence-corrected chi connectivity index (χ2v) is 5.18. The second kappa shape index (κ2) is 6.30. The molecule has 1 rings (SSSR count). The Bertz CT molecular complexity index is 583. The Kier molecular flexibility index (Phi) is 5.02. The molecule has 0 spiro atoms. The Morgan fingerprint density at radius 2 is 2.16 bits per heavy atom. The molecular formula is C11H14N2O5S. The van der Waals surface area contributed by atoms with Gasteiger partial charge in [0.2, 0.25) is 16.4 Å². The number of rotatable bonds is 6. The minimum absolute atomic E-state index is 0.160. The molecule has 7 nitrogen and oxygen atoms in total. The van der Waals surface area contributed by atoms with Crippen LogP contribution in [0.4, 0.5) is 5.69 Å². The van der Waals surface area contributed by atoms with Crippen molar-refractivity contribution in [2.24, 2.45) is 5.14 Å². The normalized spacial score (nSPS) is 10.8. The summed E-state index contributed by atoms with van der Waals surface area (Å²) in [5, 5.41) is 7.31. The van der Waals surface area contributed by atoms with E-state index < -0.39 is 16.0 Å². The molecule has 0 fully saturated rings. The first-order valence-electron chi connectivity index (χ1n) is 5.44. The van der Waals surface area contributed by atoms with Crippen LogP contribution >= 0.6 is 0 Å². The van der Waals surface area contributed by atoms with Crippen molar-refractivity contribution in [3.05, 3.63) is 23.8 Å². The molecule has 0 aliphatic rings. The molecule has 0 aliphatic heterocycles. The number of anilines is 1. The maximum atomic E-state index is 11.7. The van der Waals surface area contributed by atoms with Gasteiger partial charge in [-0.15, -0.1) is 0 Å². The standard InChI is InChI=1S/C11H14N2O5S/c1-2-5-18-11(15)9-4-3-8(13-7-14)6-10(9)19(12,16)17/h3-4,6-7H,2,5H2,1H3,(H,13,14)(H2,12,16,17). The summed E-state index contributed by atoms with van der Waals surface area (Å²) in [4.78, 5) is 21.6. The number of carbonyl (C=O) groups excluding carboxylic acids is 2. The highest BCUT2D eigenvalue weighted by molar-refractivity contribution is 7.89. The summed E-state index contributed by atoms with van der Waals surface area (Å²) in [6.07, 6.45) is 0.999. The van der Waals surface area contributed by atoms with E-state index in [0.29, 0.717) is 12.8 Å². The van der Waals surface area contributed by atoms with Gasteiger partial charge in [0, 0.05) is 5.69 Å². The van der Waals surface area contributed by atoms with Crippen molar-refractivity contribution in [3.8, 4) is 0 Å². The van der Waals surface area contributed by atoms with E-state index in [9.17, 15) is 18.0 Å². The summed E-state index contributed by atoms with van der Waals surface area (Å²) < 4.78 is 27.7. The first-order valence-corrected chi connectivity index (χ1v) is 6.99. The Hall–Kier alpha value is -1.93. The lowest BCUT2D eigenvalue weighted by atomic mass is 10.2. The molecule has 1 aromatic rings. The molecule has 0 saturated heterocycles. The van der Waals surface area contributed by atoms with Crippen molar-refractivity contribution in [1.29, 1.82) is 0 Å². The van der Waals surface area contributed by atoms with Crippen molar-refractivity contribution in [2.75, 3.05) is 11.9 Å². The van der Waals surface area contributed by atoms with Gasteiger partial charge in [-0.05, 0) is 24.6 Å². The van der Waals surface area contributed by atoms with Gasteiger partial charge in [-0.25, -0.2) is 18.4 Å². The zero-order valence-corrected chi connectivity index (χ0v) is 11.1. The molecule has 0 atom stereocenters. The largest absolute Gasteiger partial charge is 0.462 e. The maximum absolute atomic E-state index is 11.7. The number of primary sulfonamides is 1. The fourth-order valence-corrected chi connectivity index (χ4v) is 2.11. The van der Waals surface area contributed by atoms with Crippen LogP contribution in [0, 0.1) is 0 Å². The number of carbonyl (C=O) groups is 2. The van der Waals surface area contributed by atoms with E-state index >= 15 is 0 Å². The highest BCUT2D eigenvalue weighted by atomic mass is 32.2. The van der Waals surface area contributed by atoms with Gasteiger partial charge in [0.25, 0.3) is 0 Å². The van der Waals surface area contributed by atoms with Crippen LogP contribution in [-0.4, -0.2) is 27.4 Å². The van der Waals surface area contributed by atoms with E-state index in [1.807, 2.05) is 6.92 Å². The predicted octanol–water partition coefficient (Wildman–Crippen LogP) is 0.469. The molecule has 0 unspecified atom stereocenters. The molecule has 0 heterocycles. The highest BCUT2D eigenvalue weighted by Gasteiger charge is 2.21. The van der Waals surface area contributed by atoms with E-state index in [-0.39, 0.29) is 22.8 Å². The highest BCUT2D eigenvalue weighted by Crippen LogP contribution is 2.20. The first kappa shape index (κ1) is 15.1. The van der Waals surface area contributed by atoms with Crippen LogP contribution in [0.3, 0.4) is 0 Å². The molecule has 0 saturated carbocycles. The zero-order valence-electron chi connectivity index (χ0n) is 10.3. The lowest BCUT2D eigenvalue weighted by Gasteiger charge is -2.09. The van der Waals surface area contributed by atoms with E-state index in [2.05, 4.69) is 5.32 Å². The summed E-state index contributed by atoms with van der Waals surface area (Å²) in [6.45, 7) is 1.99. The van der Waals surface area contributed by atoms with Gasteiger partial charge in [0.15, 0.2) is 0 Å². The average Bonchev–Trinajstić information content (AvgIpc) is 2.35. The molecule has 1 amide bonds. The number of amides is 1. The van der Waals surface area contributed by atoms with Gasteiger partial charge in [0.1, 0.15) is 0 Å². The van der Waals surface area contributed by atoms with Crippen LogP contribution in [0.1, 0.15) is 23.7 Å². The van der Waals surface area contributed by atoms with Crippen molar-refractivity contribution in [2.45, 2.75) is 18.2 Å². The van der Waals surface area contributed by atoms with Crippen LogP contribution in [0.15, 0.2) is 23.1 Å². The van der Waals surface area contributed by atoms with Gasteiger partial charge in [-0.2, -0.15) is 0 Å². The molecule has 0 aliphatic carbocycles. The predicted molar refractivity (Wildman–Crippen MR) is 68.1 cm³/mol. The molecular weight excluding hydrogens is 272 g/mol. The summed E-state index contributed by atoms with van der Waals surface area (Å²) in [7, 11) is -4.10. The van der Waals surface area contributed by atoms with Gasteiger partial charge >= 0.3 is 5.97 Å². The SMILES string of the molecule is CCCOC(=O)c1ccc(NC=O)cc1S(N)(=O)=O. The number of hydrogen-bond acceptors (Lipinski definition) is 5. The Morgan fingerprint density at radius 1 is 1.47 bits per heavy atom. The van der Waals surface area contributed by atoms with Gasteiger partial charge in [0.05, 0.1) is 17.1 Å². The van der Waals surface area contributed by atoms with Gasteiger partial charge < -0.3 is 10.1 Å². The molecule has 3 N–H and O–H groups in total. The van der Waals surface area contributed by atoms with Crippen LogP contribution in [0.5, 0.6) is 0 Å².